The van der Waals surface area contributed by atoms with E-state index in [0.717, 1.165) is 0 Å². The van der Waals surface area contributed by atoms with E-state index in [-0.39, 0.29) is 17.7 Å². The number of rotatable bonds is 4. The largest absolute Gasteiger partial charge is 0.397 e. The summed E-state index contributed by atoms with van der Waals surface area (Å²) in [5.41, 5.74) is -1.43. The van der Waals surface area contributed by atoms with Crippen molar-refractivity contribution in [1.29, 1.82) is 0 Å². The molecule has 0 aliphatic heterocycles. The maximum Gasteiger partial charge on any atom is 0.397 e. The van der Waals surface area contributed by atoms with Crippen LogP contribution >= 0.6 is 8.58 Å². The fraction of sp³-hybridized carbons (Fsp3) is 0.800. The first-order valence-corrected chi connectivity index (χ1v) is 6.13. The van der Waals surface area contributed by atoms with Gasteiger partial charge in [0.25, 0.3) is 0 Å². The molecule has 0 radical (unpaired) electrons. The van der Waals surface area contributed by atoms with Crippen LogP contribution in [0.4, 0.5) is 13.2 Å². The maximum atomic E-state index is 12.8. The maximum absolute atomic E-state index is 12.8. The quantitative estimate of drug-likeness (QED) is 0.497. The lowest BCUT2D eigenvalue weighted by molar-refractivity contribution is -0.205. The smallest absolute Gasteiger partial charge is 0.170 e. The third-order valence-electron chi connectivity index (χ3n) is 2.77. The van der Waals surface area contributed by atoms with Crippen LogP contribution in [0.25, 0.3) is 0 Å². The fourth-order valence-corrected chi connectivity index (χ4v) is 1.86. The molecule has 84 valence electrons. The van der Waals surface area contributed by atoms with Gasteiger partial charge in [0.2, 0.25) is 0 Å². The van der Waals surface area contributed by atoms with Crippen molar-refractivity contribution in [3.05, 3.63) is 12.2 Å². The zero-order valence-electron chi connectivity index (χ0n) is 9.13. The normalized spacial score (nSPS) is 19.6. The molecule has 0 bridgehead atoms. The van der Waals surface area contributed by atoms with Gasteiger partial charge in [-0.1, -0.05) is 19.1 Å². The fourth-order valence-electron chi connectivity index (χ4n) is 1.25. The van der Waals surface area contributed by atoms with E-state index in [1.165, 1.54) is 13.8 Å². The van der Waals surface area contributed by atoms with Gasteiger partial charge >= 0.3 is 6.18 Å². The van der Waals surface area contributed by atoms with Crippen molar-refractivity contribution < 1.29 is 13.2 Å². The number of halogens is 3. The van der Waals surface area contributed by atoms with Crippen LogP contribution in [0.2, 0.25) is 0 Å². The minimum absolute atomic E-state index is 0.0957. The summed E-state index contributed by atoms with van der Waals surface area (Å²) in [6.07, 6.45) is -4.05. The third-order valence-corrected chi connectivity index (χ3v) is 3.96. The molecule has 0 aromatic heterocycles. The Balaban J connectivity index is 4.84. The highest BCUT2D eigenvalue weighted by molar-refractivity contribution is 7.37. The van der Waals surface area contributed by atoms with E-state index in [1.54, 1.807) is 0 Å². The Hall–Kier alpha value is -0.0400. The standard InChI is InChI=1S/C10H18F3P/c1-7(2)9(4,10(11,12)13)6-8(3)14-5/h8,14H,1,6H2,2-5H3. The summed E-state index contributed by atoms with van der Waals surface area (Å²) in [5, 5.41) is 0. The van der Waals surface area contributed by atoms with Crippen molar-refractivity contribution in [2.45, 2.75) is 39.0 Å². The van der Waals surface area contributed by atoms with Gasteiger partial charge in [0, 0.05) is 0 Å². The number of allylic oxidation sites excluding steroid dienone is 1. The Labute approximate surface area is 85.7 Å². The Morgan fingerprint density at radius 3 is 2.07 bits per heavy atom. The van der Waals surface area contributed by atoms with Crippen LogP contribution < -0.4 is 0 Å². The summed E-state index contributed by atoms with van der Waals surface area (Å²) >= 11 is 0. The topological polar surface area (TPSA) is 0 Å². The summed E-state index contributed by atoms with van der Waals surface area (Å²) in [4.78, 5) is 0. The van der Waals surface area contributed by atoms with Gasteiger partial charge in [-0.25, -0.2) is 0 Å². The van der Waals surface area contributed by atoms with E-state index in [0.29, 0.717) is 8.58 Å². The molecule has 3 unspecified atom stereocenters. The molecule has 0 rings (SSSR count). The molecule has 0 aromatic rings. The predicted octanol–water partition coefficient (Wildman–Crippen LogP) is 4.22. The summed E-state index contributed by atoms with van der Waals surface area (Å²) < 4.78 is 38.4. The summed E-state index contributed by atoms with van der Waals surface area (Å²) in [5.74, 6) is 0. The molecule has 0 aliphatic rings. The molecule has 0 spiro atoms. The first-order valence-electron chi connectivity index (χ1n) is 4.55. The minimum atomic E-state index is -4.19. The van der Waals surface area contributed by atoms with Crippen LogP contribution in [0.5, 0.6) is 0 Å². The van der Waals surface area contributed by atoms with Gasteiger partial charge in [-0.2, -0.15) is 13.2 Å². The van der Waals surface area contributed by atoms with Crippen LogP contribution in [0.3, 0.4) is 0 Å². The second kappa shape index (κ2) is 4.65. The molecular formula is C10H18F3P. The van der Waals surface area contributed by atoms with Gasteiger partial charge < -0.3 is 0 Å². The van der Waals surface area contributed by atoms with Gasteiger partial charge in [0.1, 0.15) is 0 Å². The first-order chi connectivity index (χ1) is 6.15. The minimum Gasteiger partial charge on any atom is -0.170 e. The van der Waals surface area contributed by atoms with Crippen molar-refractivity contribution in [3.8, 4) is 0 Å². The highest BCUT2D eigenvalue weighted by atomic mass is 31.1. The van der Waals surface area contributed by atoms with Crippen molar-refractivity contribution in [3.63, 3.8) is 0 Å². The molecule has 0 heterocycles. The molecule has 0 aliphatic carbocycles. The van der Waals surface area contributed by atoms with E-state index in [4.69, 9.17) is 0 Å². The van der Waals surface area contributed by atoms with E-state index < -0.39 is 11.6 Å². The van der Waals surface area contributed by atoms with E-state index in [1.807, 2.05) is 13.6 Å². The SMILES string of the molecule is C=C(C)C(C)(CC(C)PC)C(F)(F)F. The third kappa shape index (κ3) is 2.98. The van der Waals surface area contributed by atoms with Gasteiger partial charge in [-0.15, -0.1) is 8.58 Å². The average Bonchev–Trinajstić information content (AvgIpc) is 2.01. The molecule has 0 amide bonds. The number of alkyl halides is 3. The average molecular weight is 226 g/mol. The second-order valence-corrected chi connectivity index (χ2v) is 5.57. The van der Waals surface area contributed by atoms with Crippen molar-refractivity contribution in [1.82, 2.24) is 0 Å². The lowest BCUT2D eigenvalue weighted by atomic mass is 9.79. The van der Waals surface area contributed by atoms with Crippen LogP contribution in [0.1, 0.15) is 27.2 Å². The van der Waals surface area contributed by atoms with Crippen LogP contribution in [0.15, 0.2) is 12.2 Å². The molecular weight excluding hydrogens is 208 g/mol. The Bertz CT molecular complexity index is 210. The van der Waals surface area contributed by atoms with E-state index in [9.17, 15) is 13.2 Å². The second-order valence-electron chi connectivity index (χ2n) is 4.00. The summed E-state index contributed by atoms with van der Waals surface area (Å²) in [7, 11) is 0.536. The lowest BCUT2D eigenvalue weighted by Gasteiger charge is -2.34. The molecule has 0 fully saturated rings. The Kier molecular flexibility index (Phi) is 4.64. The monoisotopic (exact) mass is 226 g/mol. The number of hydrogen-bond acceptors (Lipinski definition) is 0. The molecule has 3 atom stereocenters. The van der Waals surface area contributed by atoms with Crippen molar-refractivity contribution in [2.75, 3.05) is 6.66 Å². The molecule has 0 aromatic carbocycles. The molecule has 0 nitrogen and oxygen atoms in total. The molecule has 0 saturated heterocycles. The molecule has 0 N–H and O–H groups in total. The van der Waals surface area contributed by atoms with Crippen LogP contribution in [-0.2, 0) is 0 Å². The number of hydrogen-bond donors (Lipinski definition) is 0. The molecule has 4 heteroatoms. The summed E-state index contributed by atoms with van der Waals surface area (Å²) in [6.45, 7) is 9.95. The zero-order chi connectivity index (χ0) is 11.6. The zero-order valence-corrected chi connectivity index (χ0v) is 10.1. The van der Waals surface area contributed by atoms with Crippen LogP contribution in [-0.4, -0.2) is 18.5 Å². The molecule has 14 heavy (non-hydrogen) atoms. The highest BCUT2D eigenvalue weighted by Gasteiger charge is 2.51. The van der Waals surface area contributed by atoms with Crippen molar-refractivity contribution in [2.24, 2.45) is 5.41 Å². The van der Waals surface area contributed by atoms with Gasteiger partial charge in [-0.3, -0.25) is 0 Å². The van der Waals surface area contributed by atoms with Gasteiger partial charge in [0.05, 0.1) is 5.41 Å². The van der Waals surface area contributed by atoms with Gasteiger partial charge in [0.15, 0.2) is 0 Å². The Morgan fingerprint density at radius 1 is 1.43 bits per heavy atom. The first kappa shape index (κ1) is 14.0. The summed E-state index contributed by atoms with van der Waals surface area (Å²) in [6, 6.07) is 0. The Morgan fingerprint density at radius 2 is 1.86 bits per heavy atom. The van der Waals surface area contributed by atoms with Crippen molar-refractivity contribution >= 4 is 8.58 Å². The van der Waals surface area contributed by atoms with Crippen LogP contribution in [0, 0.1) is 5.41 Å². The lowest BCUT2D eigenvalue weighted by Crippen LogP contribution is -2.37. The van der Waals surface area contributed by atoms with E-state index >= 15 is 0 Å². The molecule has 0 saturated carbocycles. The van der Waals surface area contributed by atoms with E-state index in [2.05, 4.69) is 6.58 Å². The highest BCUT2D eigenvalue weighted by Crippen LogP contribution is 2.48. The van der Waals surface area contributed by atoms with Gasteiger partial charge in [-0.05, 0) is 32.6 Å². The predicted molar refractivity (Wildman–Crippen MR) is 57.3 cm³/mol.